The van der Waals surface area contributed by atoms with E-state index in [9.17, 15) is 0 Å². The van der Waals surface area contributed by atoms with Gasteiger partial charge in [0.15, 0.2) is 0 Å². The van der Waals surface area contributed by atoms with Crippen LogP contribution in [0.25, 0.3) is 5.65 Å². The molecular formula is C11H12N2. The summed E-state index contributed by atoms with van der Waals surface area (Å²) in [6, 6.07) is 4.30. The fourth-order valence-corrected chi connectivity index (χ4v) is 2.13. The first-order chi connectivity index (χ1) is 6.34. The van der Waals surface area contributed by atoms with Gasteiger partial charge in [0.25, 0.3) is 0 Å². The lowest BCUT2D eigenvalue weighted by Gasteiger charge is -1.98. The maximum atomic E-state index is 4.62. The van der Waals surface area contributed by atoms with E-state index >= 15 is 0 Å². The summed E-state index contributed by atoms with van der Waals surface area (Å²) in [7, 11) is 0. The molecule has 2 heteroatoms. The fourth-order valence-electron chi connectivity index (χ4n) is 2.13. The molecule has 0 bridgehead atoms. The molecule has 0 unspecified atom stereocenters. The van der Waals surface area contributed by atoms with Crippen molar-refractivity contribution in [2.75, 3.05) is 0 Å². The second kappa shape index (κ2) is 2.34. The molecular weight excluding hydrogens is 160 g/mol. The Balaban J connectivity index is 2.38. The van der Waals surface area contributed by atoms with Gasteiger partial charge in [-0.05, 0) is 43.9 Å². The van der Waals surface area contributed by atoms with Crippen LogP contribution in [0.3, 0.4) is 0 Å². The summed E-state index contributed by atoms with van der Waals surface area (Å²) in [5, 5.41) is 0. The molecule has 2 aromatic heterocycles. The van der Waals surface area contributed by atoms with Gasteiger partial charge in [-0.15, -0.1) is 0 Å². The first kappa shape index (κ1) is 7.13. The normalized spacial score (nSPS) is 15.2. The Labute approximate surface area is 77.2 Å². The van der Waals surface area contributed by atoms with Crippen molar-refractivity contribution < 1.29 is 0 Å². The van der Waals surface area contributed by atoms with Crippen molar-refractivity contribution in [3.8, 4) is 0 Å². The van der Waals surface area contributed by atoms with Crippen LogP contribution >= 0.6 is 0 Å². The van der Waals surface area contributed by atoms with Gasteiger partial charge in [0.2, 0.25) is 0 Å². The molecule has 0 saturated heterocycles. The number of nitrogens with zero attached hydrogens (tertiary/aromatic N) is 2. The van der Waals surface area contributed by atoms with Gasteiger partial charge in [0.05, 0.1) is 5.69 Å². The molecule has 13 heavy (non-hydrogen) atoms. The third-order valence-corrected chi connectivity index (χ3v) is 2.79. The highest BCUT2D eigenvalue weighted by Gasteiger charge is 2.16. The Kier molecular flexibility index (Phi) is 1.29. The number of hydrogen-bond donors (Lipinski definition) is 0. The number of aromatic nitrogens is 2. The molecule has 2 heterocycles. The standard InChI is InChI=1S/C11H12N2/c1-8-5-6-13-10-4-2-3-9(10)12-11(13)7-8/h5-7H,2-4H2,1H3. The minimum Gasteiger partial charge on any atom is -0.304 e. The van der Waals surface area contributed by atoms with Gasteiger partial charge < -0.3 is 4.40 Å². The van der Waals surface area contributed by atoms with E-state index in [1.165, 1.54) is 29.8 Å². The third-order valence-electron chi connectivity index (χ3n) is 2.79. The van der Waals surface area contributed by atoms with E-state index in [0.29, 0.717) is 0 Å². The van der Waals surface area contributed by atoms with E-state index < -0.39 is 0 Å². The predicted octanol–water partition coefficient (Wildman–Crippen LogP) is 2.13. The number of rotatable bonds is 0. The third kappa shape index (κ3) is 0.916. The molecule has 0 saturated carbocycles. The van der Waals surface area contributed by atoms with E-state index in [0.717, 1.165) is 12.1 Å². The Morgan fingerprint density at radius 1 is 1.38 bits per heavy atom. The average Bonchev–Trinajstić information content (AvgIpc) is 2.62. The van der Waals surface area contributed by atoms with Crippen LogP contribution in [0.1, 0.15) is 23.4 Å². The first-order valence-electron chi connectivity index (χ1n) is 4.81. The number of fused-ring (bicyclic) bond motifs is 3. The number of pyridine rings is 1. The van der Waals surface area contributed by atoms with E-state index in [-0.39, 0.29) is 0 Å². The van der Waals surface area contributed by atoms with Crippen LogP contribution in [0.15, 0.2) is 18.3 Å². The average molecular weight is 172 g/mol. The van der Waals surface area contributed by atoms with Crippen LogP contribution in [0.5, 0.6) is 0 Å². The van der Waals surface area contributed by atoms with E-state index in [1.54, 1.807) is 0 Å². The Hall–Kier alpha value is -1.31. The zero-order valence-corrected chi connectivity index (χ0v) is 7.75. The molecule has 0 radical (unpaired) electrons. The van der Waals surface area contributed by atoms with Crippen molar-refractivity contribution in [3.63, 3.8) is 0 Å². The molecule has 1 aliphatic rings. The van der Waals surface area contributed by atoms with Gasteiger partial charge in [0, 0.05) is 11.9 Å². The molecule has 0 aromatic carbocycles. The van der Waals surface area contributed by atoms with Gasteiger partial charge in [-0.3, -0.25) is 0 Å². The molecule has 0 spiro atoms. The first-order valence-corrected chi connectivity index (χ1v) is 4.81. The summed E-state index contributed by atoms with van der Waals surface area (Å²) in [5.74, 6) is 0. The maximum absolute atomic E-state index is 4.62. The summed E-state index contributed by atoms with van der Waals surface area (Å²) >= 11 is 0. The lowest BCUT2D eigenvalue weighted by molar-refractivity contribution is 0.869. The quantitative estimate of drug-likeness (QED) is 0.595. The number of imidazole rings is 1. The van der Waals surface area contributed by atoms with E-state index in [1.807, 2.05) is 0 Å². The lowest BCUT2D eigenvalue weighted by Crippen LogP contribution is -1.90. The van der Waals surface area contributed by atoms with Crippen LogP contribution in [-0.2, 0) is 12.8 Å². The minimum absolute atomic E-state index is 1.12. The molecule has 0 atom stereocenters. The van der Waals surface area contributed by atoms with Crippen molar-refractivity contribution in [1.82, 2.24) is 9.38 Å². The van der Waals surface area contributed by atoms with Crippen LogP contribution < -0.4 is 0 Å². The largest absolute Gasteiger partial charge is 0.304 e. The summed E-state index contributed by atoms with van der Waals surface area (Å²) in [4.78, 5) is 4.62. The van der Waals surface area contributed by atoms with Gasteiger partial charge in [-0.2, -0.15) is 0 Å². The van der Waals surface area contributed by atoms with Gasteiger partial charge in [-0.1, -0.05) is 0 Å². The summed E-state index contributed by atoms with van der Waals surface area (Å²) < 4.78 is 2.23. The molecule has 0 aliphatic heterocycles. The van der Waals surface area contributed by atoms with Gasteiger partial charge in [-0.25, -0.2) is 4.98 Å². The number of aryl methyl sites for hydroxylation is 3. The van der Waals surface area contributed by atoms with Gasteiger partial charge >= 0.3 is 0 Å². The Morgan fingerprint density at radius 2 is 2.31 bits per heavy atom. The second-order valence-corrected chi connectivity index (χ2v) is 3.79. The van der Waals surface area contributed by atoms with Crippen LogP contribution in [0.2, 0.25) is 0 Å². The molecule has 66 valence electrons. The molecule has 0 fully saturated rings. The second-order valence-electron chi connectivity index (χ2n) is 3.79. The maximum Gasteiger partial charge on any atom is 0.137 e. The highest BCUT2D eigenvalue weighted by atomic mass is 15.0. The predicted molar refractivity (Wildman–Crippen MR) is 52.0 cm³/mol. The van der Waals surface area contributed by atoms with Crippen molar-refractivity contribution >= 4 is 5.65 Å². The smallest absolute Gasteiger partial charge is 0.137 e. The van der Waals surface area contributed by atoms with Gasteiger partial charge in [0.1, 0.15) is 5.65 Å². The van der Waals surface area contributed by atoms with Crippen molar-refractivity contribution in [1.29, 1.82) is 0 Å². The van der Waals surface area contributed by atoms with E-state index in [2.05, 4.69) is 34.6 Å². The van der Waals surface area contributed by atoms with Crippen LogP contribution in [0, 0.1) is 6.92 Å². The fraction of sp³-hybridized carbons (Fsp3) is 0.364. The monoisotopic (exact) mass is 172 g/mol. The van der Waals surface area contributed by atoms with Crippen molar-refractivity contribution in [2.45, 2.75) is 26.2 Å². The topological polar surface area (TPSA) is 17.3 Å². The SMILES string of the molecule is Cc1ccn2c3c(nc2c1)CCC3. The zero-order valence-electron chi connectivity index (χ0n) is 7.75. The molecule has 2 aromatic rings. The molecule has 3 rings (SSSR count). The molecule has 0 N–H and O–H groups in total. The molecule has 0 amide bonds. The number of hydrogen-bond acceptors (Lipinski definition) is 1. The minimum atomic E-state index is 1.12. The van der Waals surface area contributed by atoms with Crippen molar-refractivity contribution in [2.24, 2.45) is 0 Å². The van der Waals surface area contributed by atoms with E-state index in [4.69, 9.17) is 0 Å². The summed E-state index contributed by atoms with van der Waals surface area (Å²) in [6.07, 6.45) is 5.77. The summed E-state index contributed by atoms with van der Waals surface area (Å²) in [5.41, 5.74) is 5.14. The highest BCUT2D eigenvalue weighted by Crippen LogP contribution is 2.22. The zero-order chi connectivity index (χ0) is 8.84. The molecule has 1 aliphatic carbocycles. The highest BCUT2D eigenvalue weighted by molar-refractivity contribution is 5.46. The summed E-state index contributed by atoms with van der Waals surface area (Å²) in [6.45, 7) is 2.11. The lowest BCUT2D eigenvalue weighted by atomic mass is 10.3. The van der Waals surface area contributed by atoms with Crippen LogP contribution in [-0.4, -0.2) is 9.38 Å². The molecule has 2 nitrogen and oxygen atoms in total. The Bertz CT molecular complexity index is 468. The van der Waals surface area contributed by atoms with Crippen molar-refractivity contribution in [3.05, 3.63) is 35.3 Å². The van der Waals surface area contributed by atoms with Crippen LogP contribution in [0.4, 0.5) is 0 Å². The Morgan fingerprint density at radius 3 is 3.23 bits per heavy atom.